The minimum Gasteiger partial charge on any atom is -0.465 e. The Bertz CT molecular complexity index is 2750. The highest BCUT2D eigenvalue weighted by Crippen LogP contribution is 2.55. The summed E-state index contributed by atoms with van der Waals surface area (Å²) in [5, 5.41) is 6.49. The van der Waals surface area contributed by atoms with Gasteiger partial charge < -0.3 is 49.5 Å². The molecule has 358 valence electrons. The van der Waals surface area contributed by atoms with Crippen LogP contribution in [0.25, 0.3) is 22.5 Å². The molecule has 1 aliphatic carbocycles. The molecule has 4 aliphatic heterocycles. The molecule has 10 rings (SSSR count). The highest BCUT2D eigenvalue weighted by atomic mass is 32.1. The van der Waals surface area contributed by atoms with Crippen molar-refractivity contribution in [3.63, 3.8) is 0 Å². The SMILES string of the molecule is COC(=O)N[C@H](C(=O)N1CCC[C@H]1c1ncc(-c2ccc3c(c2)CC2c4c(F)cc(-c5cnc([C@@H]6CCCN6C(=O)[C@@H](NC(=O)OC)C(C)C)[nH]5)cc4O[C@@H](c4cnc(C5CC5)s4)N32)[nH]1)C(C)C. The van der Waals surface area contributed by atoms with Crippen LogP contribution in [0.3, 0.4) is 0 Å². The first-order chi connectivity index (χ1) is 32.8. The zero-order valence-corrected chi connectivity index (χ0v) is 39.8. The monoisotopic (exact) mass is 948 g/mol. The number of likely N-dealkylation sites (tertiary alicyclic amines) is 2. The van der Waals surface area contributed by atoms with Crippen LogP contribution in [0.4, 0.5) is 19.7 Å². The van der Waals surface area contributed by atoms with Crippen molar-refractivity contribution in [2.75, 3.05) is 32.2 Å². The second-order valence-electron chi connectivity index (χ2n) is 19.1. The van der Waals surface area contributed by atoms with Crippen LogP contribution in [0.5, 0.6) is 5.75 Å². The molecule has 1 saturated carbocycles. The first kappa shape index (κ1) is 45.3. The lowest BCUT2D eigenvalue weighted by Crippen LogP contribution is -2.51. The molecule has 0 radical (unpaired) electrons. The summed E-state index contributed by atoms with van der Waals surface area (Å²) in [5.74, 6) is 1.05. The first-order valence-electron chi connectivity index (χ1n) is 23.6. The van der Waals surface area contributed by atoms with E-state index in [9.17, 15) is 19.2 Å². The number of nitrogens with zero attached hydrogens (tertiary/aromatic N) is 6. The van der Waals surface area contributed by atoms with Gasteiger partial charge in [0, 0.05) is 36.5 Å². The molecule has 7 heterocycles. The Labute approximate surface area is 397 Å². The van der Waals surface area contributed by atoms with Gasteiger partial charge in [0.05, 0.1) is 71.6 Å². The Morgan fingerprint density at radius 1 is 0.765 bits per heavy atom. The number of imidazole rings is 2. The Kier molecular flexibility index (Phi) is 12.1. The number of carbonyl (C=O) groups is 4. The fourth-order valence-electron chi connectivity index (χ4n) is 10.3. The van der Waals surface area contributed by atoms with Crippen LogP contribution in [0.2, 0.25) is 0 Å². The molecule has 5 aromatic rings. The van der Waals surface area contributed by atoms with E-state index in [2.05, 4.69) is 37.6 Å². The Balaban J connectivity index is 0.930. The van der Waals surface area contributed by atoms with Gasteiger partial charge in [-0.15, -0.1) is 11.3 Å². The van der Waals surface area contributed by atoms with Crippen LogP contribution >= 0.6 is 11.3 Å². The predicted molar refractivity (Wildman–Crippen MR) is 250 cm³/mol. The van der Waals surface area contributed by atoms with Crippen LogP contribution in [0, 0.1) is 17.7 Å². The smallest absolute Gasteiger partial charge is 0.407 e. The molecule has 2 aromatic carbocycles. The maximum absolute atomic E-state index is 16.9. The molecule has 19 heteroatoms. The molecular weight excluding hydrogens is 892 g/mol. The summed E-state index contributed by atoms with van der Waals surface area (Å²) >= 11 is 1.65. The molecule has 0 bridgehead atoms. The summed E-state index contributed by atoms with van der Waals surface area (Å²) in [4.78, 5) is 79.8. The van der Waals surface area contributed by atoms with Crippen molar-refractivity contribution in [3.8, 4) is 28.3 Å². The number of aromatic nitrogens is 5. The minimum absolute atomic E-state index is 0.147. The average Bonchev–Trinajstić information content (AvgIpc) is 4.05. The van der Waals surface area contributed by atoms with Crippen molar-refractivity contribution in [2.45, 2.75) is 115 Å². The van der Waals surface area contributed by atoms with Gasteiger partial charge >= 0.3 is 12.2 Å². The van der Waals surface area contributed by atoms with Gasteiger partial charge in [0.1, 0.15) is 35.3 Å². The number of anilines is 1. The number of thiazole rings is 1. The number of amides is 4. The molecule has 4 amide bonds. The van der Waals surface area contributed by atoms with Crippen LogP contribution < -0.4 is 20.3 Å². The fourth-order valence-corrected chi connectivity index (χ4v) is 11.5. The molecule has 5 aliphatic rings. The minimum atomic E-state index is -0.767. The van der Waals surface area contributed by atoms with Crippen molar-refractivity contribution < 1.29 is 37.8 Å². The van der Waals surface area contributed by atoms with Gasteiger partial charge in [-0.1, -0.05) is 33.8 Å². The highest BCUT2D eigenvalue weighted by Gasteiger charge is 2.46. The standard InChI is InChI=1S/C49H57FN10O7S/c1-24(2)40(56-48(63)65-5)45(61)58-15-7-9-34(58)42-51-21-31(54-42)27-13-14-33-29(17-27)19-36-39-30(50)18-28(20-37(39)67-47(60(33)36)38-23-53-44(68-38)26-11-12-26)32-22-52-43(55-32)35-10-8-16-59(35)46(62)41(25(3)4)57-49(64)66-6/h13-14,17-18,20-26,34-36,40-41,47H,7-12,15-16,19H2,1-6H3,(H,51,54)(H,52,55)(H,56,63)(H,57,64)/t34-,35-,36?,40-,41-,47-/m0/s1. The third-order valence-corrected chi connectivity index (χ3v) is 15.2. The Morgan fingerprint density at radius 3 is 1.91 bits per heavy atom. The maximum Gasteiger partial charge on any atom is 0.407 e. The number of rotatable bonds is 12. The number of benzene rings is 2. The number of aromatic amines is 2. The third kappa shape index (κ3) is 8.31. The summed E-state index contributed by atoms with van der Waals surface area (Å²) in [6.45, 7) is 8.59. The lowest BCUT2D eigenvalue weighted by molar-refractivity contribution is -0.136. The van der Waals surface area contributed by atoms with E-state index in [0.717, 1.165) is 64.5 Å². The van der Waals surface area contributed by atoms with E-state index in [1.807, 2.05) is 46.0 Å². The van der Waals surface area contributed by atoms with Crippen molar-refractivity contribution in [2.24, 2.45) is 11.8 Å². The molecule has 2 saturated heterocycles. The molecule has 68 heavy (non-hydrogen) atoms. The highest BCUT2D eigenvalue weighted by molar-refractivity contribution is 7.11. The number of hydrogen-bond donors (Lipinski definition) is 4. The van der Waals surface area contributed by atoms with Gasteiger partial charge in [0.25, 0.3) is 0 Å². The van der Waals surface area contributed by atoms with E-state index in [4.69, 9.17) is 29.2 Å². The van der Waals surface area contributed by atoms with Crippen LogP contribution in [-0.4, -0.2) is 98.1 Å². The number of nitrogens with one attached hydrogen (secondary N) is 4. The van der Waals surface area contributed by atoms with E-state index < -0.39 is 36.3 Å². The number of fused-ring (bicyclic) bond motifs is 5. The zero-order valence-electron chi connectivity index (χ0n) is 39.0. The molecule has 4 N–H and O–H groups in total. The number of H-pyrrole nitrogens is 2. The molecule has 0 spiro atoms. The van der Waals surface area contributed by atoms with Gasteiger partial charge in [-0.3, -0.25) is 9.59 Å². The quantitative estimate of drug-likeness (QED) is 0.0940. The maximum atomic E-state index is 16.9. The van der Waals surface area contributed by atoms with Gasteiger partial charge in [0.2, 0.25) is 18.0 Å². The number of hydrogen-bond acceptors (Lipinski definition) is 12. The molecule has 1 unspecified atom stereocenters. The number of halogens is 1. The summed E-state index contributed by atoms with van der Waals surface area (Å²) in [5.41, 5.74) is 5.30. The van der Waals surface area contributed by atoms with Crippen LogP contribution in [0.1, 0.15) is 129 Å². The second kappa shape index (κ2) is 18.2. The normalized spacial score (nSPS) is 21.6. The van der Waals surface area contributed by atoms with Gasteiger partial charge in [-0.2, -0.15) is 0 Å². The summed E-state index contributed by atoms with van der Waals surface area (Å²) < 4.78 is 33.4. The topological polar surface area (TPSA) is 200 Å². The Morgan fingerprint density at radius 2 is 1.35 bits per heavy atom. The van der Waals surface area contributed by atoms with E-state index >= 15 is 4.39 Å². The van der Waals surface area contributed by atoms with E-state index in [0.29, 0.717) is 66.1 Å². The number of ether oxygens (including phenoxy) is 3. The van der Waals surface area contributed by atoms with Gasteiger partial charge in [0.15, 0.2) is 0 Å². The largest absolute Gasteiger partial charge is 0.465 e. The molecular formula is C49H57FN10O7S. The van der Waals surface area contributed by atoms with Crippen LogP contribution in [-0.2, 0) is 25.5 Å². The number of carbonyl (C=O) groups excluding carboxylic acids is 4. The van der Waals surface area contributed by atoms with Gasteiger partial charge in [-0.05, 0) is 92.2 Å². The van der Waals surface area contributed by atoms with Crippen molar-refractivity contribution in [1.82, 2.24) is 45.4 Å². The van der Waals surface area contributed by atoms with Gasteiger partial charge in [-0.25, -0.2) is 28.9 Å². The first-order valence-corrected chi connectivity index (χ1v) is 24.4. The zero-order chi connectivity index (χ0) is 47.5. The summed E-state index contributed by atoms with van der Waals surface area (Å²) in [7, 11) is 2.55. The van der Waals surface area contributed by atoms with Crippen LogP contribution in [0.15, 0.2) is 48.9 Å². The average molecular weight is 949 g/mol. The second-order valence-corrected chi connectivity index (χ2v) is 20.2. The van der Waals surface area contributed by atoms with Crippen molar-refractivity contribution in [3.05, 3.63) is 87.4 Å². The van der Waals surface area contributed by atoms with Crippen molar-refractivity contribution >= 4 is 41.0 Å². The summed E-state index contributed by atoms with van der Waals surface area (Å²) in [6, 6.07) is 7.12. The van der Waals surface area contributed by atoms with E-state index in [1.165, 1.54) is 20.3 Å². The molecule has 3 aromatic heterocycles. The predicted octanol–water partition coefficient (Wildman–Crippen LogP) is 8.22. The lowest BCUT2D eigenvalue weighted by atomic mass is 9.96. The third-order valence-electron chi connectivity index (χ3n) is 14.0. The van der Waals surface area contributed by atoms with E-state index in [-0.39, 0.29) is 41.8 Å². The molecule has 17 nitrogen and oxygen atoms in total. The fraction of sp³-hybridized carbons (Fsp3) is 0.490. The number of methoxy groups -OCH3 is 2. The van der Waals surface area contributed by atoms with E-state index in [1.54, 1.807) is 33.5 Å². The molecule has 3 fully saturated rings. The van der Waals surface area contributed by atoms with Crippen molar-refractivity contribution in [1.29, 1.82) is 0 Å². The lowest BCUT2D eigenvalue weighted by Gasteiger charge is -2.40. The summed E-state index contributed by atoms with van der Waals surface area (Å²) in [6.07, 6.45) is 9.23. The Hall–Kier alpha value is -6.50. The number of alkyl carbamates (subject to hydrolysis) is 2. The molecule has 6 atom stereocenters.